The van der Waals surface area contributed by atoms with E-state index in [0.717, 1.165) is 21.0 Å². The summed E-state index contributed by atoms with van der Waals surface area (Å²) >= 11 is 1.27. The molecule has 0 radical (unpaired) electrons. The lowest BCUT2D eigenvalue weighted by molar-refractivity contribution is 0.498. The Morgan fingerprint density at radius 3 is 2.51 bits per heavy atom. The maximum Gasteiger partial charge on any atom is 0.332 e. The van der Waals surface area contributed by atoms with Crippen LogP contribution < -0.4 is 11.2 Å². The molecule has 0 aliphatic carbocycles. The van der Waals surface area contributed by atoms with E-state index in [1.54, 1.807) is 23.9 Å². The van der Waals surface area contributed by atoms with Gasteiger partial charge >= 0.3 is 5.69 Å². The second-order valence-electron chi connectivity index (χ2n) is 8.64. The summed E-state index contributed by atoms with van der Waals surface area (Å²) in [5.41, 5.74) is 1.07. The Hall–Kier alpha value is -3.92. The molecule has 35 heavy (non-hydrogen) atoms. The summed E-state index contributed by atoms with van der Waals surface area (Å²) in [4.78, 5) is 49.0. The number of nitrogens with zero attached hydrogens (tertiary/aromatic N) is 7. The number of benzene rings is 1. The molecule has 0 aliphatic heterocycles. The Kier molecular flexibility index (Phi) is 5.89. The summed E-state index contributed by atoms with van der Waals surface area (Å²) in [6, 6.07) is 11.4. The van der Waals surface area contributed by atoms with Crippen LogP contribution in [0.5, 0.6) is 0 Å². The van der Waals surface area contributed by atoms with Gasteiger partial charge < -0.3 is 0 Å². The number of pyridine rings is 1. The first-order valence-corrected chi connectivity index (χ1v) is 12.0. The van der Waals surface area contributed by atoms with Gasteiger partial charge in [-0.2, -0.15) is 0 Å². The van der Waals surface area contributed by atoms with Crippen LogP contribution in [-0.2, 0) is 13.6 Å². The molecule has 0 saturated carbocycles. The maximum absolute atomic E-state index is 13.3. The highest BCUT2D eigenvalue weighted by Gasteiger charge is 2.21. The Bertz CT molecular complexity index is 1690. The normalized spacial score (nSPS) is 11.6. The SMILES string of the molecule is Cc1nc(Sc2nc(-c3cccnc3)nc3ccccc23)c2c(=O)n(C)c(=O)n(CC(C)C)c2n1. The summed E-state index contributed by atoms with van der Waals surface area (Å²) in [6.45, 7) is 6.22. The van der Waals surface area contributed by atoms with E-state index < -0.39 is 11.2 Å². The fourth-order valence-corrected chi connectivity index (χ4v) is 4.94. The minimum Gasteiger partial charge on any atom is -0.277 e. The molecule has 0 amide bonds. The predicted octanol–water partition coefficient (Wildman–Crippen LogP) is 3.61. The highest BCUT2D eigenvalue weighted by atomic mass is 32.2. The van der Waals surface area contributed by atoms with Crippen molar-refractivity contribution in [1.82, 2.24) is 34.1 Å². The number of fused-ring (bicyclic) bond motifs is 2. The molecule has 10 heteroatoms. The van der Waals surface area contributed by atoms with E-state index in [1.165, 1.54) is 18.8 Å². The minimum absolute atomic E-state index is 0.188. The van der Waals surface area contributed by atoms with Crippen LogP contribution in [0.2, 0.25) is 0 Å². The second-order valence-corrected chi connectivity index (χ2v) is 9.62. The monoisotopic (exact) mass is 485 g/mol. The van der Waals surface area contributed by atoms with Crippen LogP contribution in [0.25, 0.3) is 33.3 Å². The molecule has 0 saturated heterocycles. The molecule has 4 heterocycles. The molecule has 0 N–H and O–H groups in total. The molecule has 5 aromatic rings. The van der Waals surface area contributed by atoms with Gasteiger partial charge in [0.25, 0.3) is 5.56 Å². The molecule has 0 unspecified atom stereocenters. The smallest absolute Gasteiger partial charge is 0.277 e. The average Bonchev–Trinajstić information content (AvgIpc) is 2.85. The average molecular weight is 486 g/mol. The van der Waals surface area contributed by atoms with Crippen molar-refractivity contribution in [2.24, 2.45) is 13.0 Å². The molecule has 9 nitrogen and oxygen atoms in total. The molecule has 1 aromatic carbocycles. The van der Waals surface area contributed by atoms with Crippen molar-refractivity contribution in [3.05, 3.63) is 75.5 Å². The number of para-hydroxylation sites is 1. The number of rotatable bonds is 5. The van der Waals surface area contributed by atoms with E-state index in [-0.39, 0.29) is 5.92 Å². The Labute approximate surface area is 205 Å². The van der Waals surface area contributed by atoms with Gasteiger partial charge in [-0.15, -0.1) is 0 Å². The summed E-state index contributed by atoms with van der Waals surface area (Å²) in [7, 11) is 1.48. The van der Waals surface area contributed by atoms with E-state index in [0.29, 0.717) is 39.3 Å². The molecular formula is C25H23N7O2S. The molecule has 0 fully saturated rings. The molecular weight excluding hydrogens is 462 g/mol. The van der Waals surface area contributed by atoms with Crippen LogP contribution in [-0.4, -0.2) is 34.1 Å². The number of hydrogen-bond donors (Lipinski definition) is 0. The molecule has 0 bridgehead atoms. The first kappa shape index (κ1) is 22.9. The topological polar surface area (TPSA) is 108 Å². The van der Waals surface area contributed by atoms with Gasteiger partial charge in [0.2, 0.25) is 0 Å². The maximum atomic E-state index is 13.3. The van der Waals surface area contributed by atoms with Gasteiger partial charge in [0, 0.05) is 36.9 Å². The van der Waals surface area contributed by atoms with Gasteiger partial charge in [0.15, 0.2) is 11.5 Å². The summed E-state index contributed by atoms with van der Waals surface area (Å²) in [5, 5.41) is 2.24. The van der Waals surface area contributed by atoms with Gasteiger partial charge in [-0.25, -0.2) is 24.7 Å². The third-order valence-corrected chi connectivity index (χ3v) is 6.48. The summed E-state index contributed by atoms with van der Waals surface area (Å²) in [5.74, 6) is 1.18. The lowest BCUT2D eigenvalue weighted by Gasteiger charge is -2.15. The van der Waals surface area contributed by atoms with E-state index in [2.05, 4.69) is 15.0 Å². The van der Waals surface area contributed by atoms with Crippen LogP contribution >= 0.6 is 11.8 Å². The molecule has 0 aliphatic rings. The first-order valence-electron chi connectivity index (χ1n) is 11.2. The third-order valence-electron chi connectivity index (χ3n) is 5.49. The fraction of sp³-hybridized carbons (Fsp3) is 0.240. The summed E-state index contributed by atoms with van der Waals surface area (Å²) < 4.78 is 2.67. The first-order chi connectivity index (χ1) is 16.8. The number of aromatic nitrogens is 7. The summed E-state index contributed by atoms with van der Waals surface area (Å²) in [6.07, 6.45) is 3.41. The molecule has 5 rings (SSSR count). The van der Waals surface area contributed by atoms with Gasteiger partial charge in [-0.05, 0) is 42.8 Å². The number of hydrogen-bond acceptors (Lipinski definition) is 8. The largest absolute Gasteiger partial charge is 0.332 e. The minimum atomic E-state index is -0.432. The highest BCUT2D eigenvalue weighted by Crippen LogP contribution is 2.34. The lowest BCUT2D eigenvalue weighted by atomic mass is 10.2. The van der Waals surface area contributed by atoms with E-state index in [1.807, 2.05) is 50.2 Å². The van der Waals surface area contributed by atoms with Crippen LogP contribution in [0.1, 0.15) is 19.7 Å². The standard InChI is InChI=1S/C25H23N7O2S/c1-14(2)13-32-21-19(24(33)31(4)25(32)34)23(28-15(3)27-21)35-22-17-9-5-6-10-18(17)29-20(30-22)16-8-7-11-26-12-16/h5-12,14H,13H2,1-4H3. The molecule has 0 atom stereocenters. The van der Waals surface area contributed by atoms with E-state index >= 15 is 0 Å². The van der Waals surface area contributed by atoms with Crippen molar-refractivity contribution in [2.45, 2.75) is 37.4 Å². The zero-order valence-electron chi connectivity index (χ0n) is 19.8. The number of aryl methyl sites for hydroxylation is 1. The molecule has 0 spiro atoms. The zero-order valence-corrected chi connectivity index (χ0v) is 20.6. The van der Waals surface area contributed by atoms with Crippen molar-refractivity contribution < 1.29 is 0 Å². The van der Waals surface area contributed by atoms with Crippen molar-refractivity contribution in [3.63, 3.8) is 0 Å². The predicted molar refractivity (Wildman–Crippen MR) is 136 cm³/mol. The van der Waals surface area contributed by atoms with Crippen molar-refractivity contribution in [3.8, 4) is 11.4 Å². The van der Waals surface area contributed by atoms with Crippen molar-refractivity contribution >= 4 is 33.7 Å². The van der Waals surface area contributed by atoms with Gasteiger partial charge in [0.05, 0.1) is 5.52 Å². The Balaban J connectivity index is 1.77. The Morgan fingerprint density at radius 1 is 0.971 bits per heavy atom. The molecule has 4 aromatic heterocycles. The quantitative estimate of drug-likeness (QED) is 0.347. The molecule has 176 valence electrons. The lowest BCUT2D eigenvalue weighted by Crippen LogP contribution is -2.39. The van der Waals surface area contributed by atoms with Gasteiger partial charge in [0.1, 0.15) is 21.3 Å². The van der Waals surface area contributed by atoms with Crippen molar-refractivity contribution in [1.29, 1.82) is 0 Å². The van der Waals surface area contributed by atoms with Gasteiger partial charge in [-0.1, -0.05) is 32.0 Å². The zero-order chi connectivity index (χ0) is 24.7. The van der Waals surface area contributed by atoms with E-state index in [4.69, 9.17) is 9.97 Å². The highest BCUT2D eigenvalue weighted by molar-refractivity contribution is 7.99. The Morgan fingerprint density at radius 2 is 1.77 bits per heavy atom. The van der Waals surface area contributed by atoms with Crippen molar-refractivity contribution in [2.75, 3.05) is 0 Å². The van der Waals surface area contributed by atoms with Crippen LogP contribution in [0, 0.1) is 12.8 Å². The van der Waals surface area contributed by atoms with Crippen LogP contribution in [0.4, 0.5) is 0 Å². The van der Waals surface area contributed by atoms with E-state index in [9.17, 15) is 9.59 Å². The van der Waals surface area contributed by atoms with Crippen LogP contribution in [0.15, 0.2) is 68.4 Å². The fourth-order valence-electron chi connectivity index (χ4n) is 3.89. The van der Waals surface area contributed by atoms with Gasteiger partial charge in [-0.3, -0.25) is 18.9 Å². The van der Waals surface area contributed by atoms with Crippen LogP contribution in [0.3, 0.4) is 0 Å². The third kappa shape index (κ3) is 4.21. The second kappa shape index (κ2) is 9.03.